The van der Waals surface area contributed by atoms with Crippen LogP contribution in [-0.2, 0) is 4.79 Å². The van der Waals surface area contributed by atoms with Crippen molar-refractivity contribution in [2.45, 2.75) is 64.5 Å². The van der Waals surface area contributed by atoms with Crippen LogP contribution < -0.4 is 24.8 Å². The Balaban J connectivity index is 1.30. The largest absolute Gasteiger partial charge is 0.492 e. The van der Waals surface area contributed by atoms with E-state index in [1.165, 1.54) is 26.1 Å². The molecule has 2 fully saturated rings. The lowest BCUT2D eigenvalue weighted by Crippen LogP contribution is -2.43. The molecular formula is C27H31N5O5. The second-order valence-electron chi connectivity index (χ2n) is 10.2. The first-order valence-electron chi connectivity index (χ1n) is 12.9. The van der Waals surface area contributed by atoms with Gasteiger partial charge in [-0.25, -0.2) is 9.97 Å². The predicted octanol–water partition coefficient (Wildman–Crippen LogP) is 3.63. The zero-order valence-electron chi connectivity index (χ0n) is 21.1. The van der Waals surface area contributed by atoms with Gasteiger partial charge in [-0.05, 0) is 63.5 Å². The third kappa shape index (κ3) is 4.68. The molecule has 194 valence electrons. The number of aryl methyl sites for hydroxylation is 1. The van der Waals surface area contributed by atoms with Gasteiger partial charge < -0.3 is 29.8 Å². The van der Waals surface area contributed by atoms with Crippen LogP contribution in [0.3, 0.4) is 0 Å². The topological polar surface area (TPSA) is 127 Å². The summed E-state index contributed by atoms with van der Waals surface area (Å²) in [4.78, 5) is 37.2. The molecule has 0 saturated heterocycles. The van der Waals surface area contributed by atoms with E-state index in [4.69, 9.17) is 14.2 Å². The van der Waals surface area contributed by atoms with Gasteiger partial charge in [0.15, 0.2) is 11.5 Å². The number of hydrogen-bond donors (Lipinski definition) is 3. The van der Waals surface area contributed by atoms with Crippen molar-refractivity contribution in [1.82, 2.24) is 25.6 Å². The number of benzene rings is 1. The lowest BCUT2D eigenvalue weighted by Gasteiger charge is -2.29. The number of aromatic nitrogens is 3. The Morgan fingerprint density at radius 3 is 2.54 bits per heavy atom. The Morgan fingerprint density at radius 1 is 1.05 bits per heavy atom. The van der Waals surface area contributed by atoms with Crippen molar-refractivity contribution in [3.63, 3.8) is 0 Å². The normalized spacial score (nSPS) is 20.6. The van der Waals surface area contributed by atoms with Crippen LogP contribution in [-0.4, -0.2) is 52.2 Å². The lowest BCUT2D eigenvalue weighted by molar-refractivity contribution is -0.119. The van der Waals surface area contributed by atoms with Crippen LogP contribution in [0.15, 0.2) is 18.5 Å². The minimum Gasteiger partial charge on any atom is -0.492 e. The molecule has 2 amide bonds. The first-order valence-corrected chi connectivity index (χ1v) is 12.9. The Labute approximate surface area is 214 Å². The molecule has 3 heterocycles. The monoisotopic (exact) mass is 505 g/mol. The number of hydrogen-bond acceptors (Lipinski definition) is 7. The molecule has 10 nitrogen and oxygen atoms in total. The predicted molar refractivity (Wildman–Crippen MR) is 136 cm³/mol. The number of rotatable bonds is 7. The van der Waals surface area contributed by atoms with Crippen LogP contribution in [0.25, 0.3) is 22.3 Å². The van der Waals surface area contributed by atoms with Crippen LogP contribution >= 0.6 is 0 Å². The molecular weight excluding hydrogens is 474 g/mol. The van der Waals surface area contributed by atoms with E-state index < -0.39 is 0 Å². The number of aromatic amines is 1. The van der Waals surface area contributed by atoms with Crippen molar-refractivity contribution in [2.24, 2.45) is 5.92 Å². The standard InChI is InChI=1S/C27H31N5O5/c1-14-21(27(34)32-18-7-5-17(6-8-18)31-15(2)33)23-25(30-14)24(29-12-28-23)22-19(35-11-16-3-4-16)9-10-20-26(22)37-13-36-20/h9-10,12,16-18,30H,3-8,11,13H2,1-2H3,(H,31,33)(H,32,34)/t17-,18+. The summed E-state index contributed by atoms with van der Waals surface area (Å²) in [6, 6.07) is 3.96. The quantitative estimate of drug-likeness (QED) is 0.447. The van der Waals surface area contributed by atoms with Crippen molar-refractivity contribution in [3.05, 3.63) is 29.7 Å². The molecule has 3 N–H and O–H groups in total. The molecule has 2 aliphatic carbocycles. The molecule has 0 bridgehead atoms. The van der Waals surface area contributed by atoms with Crippen molar-refractivity contribution in [1.29, 1.82) is 0 Å². The van der Waals surface area contributed by atoms with Gasteiger partial charge in [0.1, 0.15) is 23.3 Å². The van der Waals surface area contributed by atoms with Crippen molar-refractivity contribution in [2.75, 3.05) is 13.4 Å². The maximum Gasteiger partial charge on any atom is 0.255 e. The van der Waals surface area contributed by atoms with Gasteiger partial charge in [-0.2, -0.15) is 0 Å². The Bertz CT molecular complexity index is 1360. The van der Waals surface area contributed by atoms with Gasteiger partial charge in [0.05, 0.1) is 23.3 Å². The summed E-state index contributed by atoms with van der Waals surface area (Å²) in [5.74, 6) is 2.29. The first kappa shape index (κ1) is 23.6. The highest BCUT2D eigenvalue weighted by Crippen LogP contribution is 2.48. The van der Waals surface area contributed by atoms with Gasteiger partial charge in [0.2, 0.25) is 12.7 Å². The van der Waals surface area contributed by atoms with Gasteiger partial charge in [-0.1, -0.05) is 0 Å². The van der Waals surface area contributed by atoms with E-state index in [0.717, 1.165) is 25.7 Å². The van der Waals surface area contributed by atoms with E-state index in [2.05, 4.69) is 25.6 Å². The van der Waals surface area contributed by atoms with E-state index >= 15 is 0 Å². The summed E-state index contributed by atoms with van der Waals surface area (Å²) in [6.07, 6.45) is 7.14. The van der Waals surface area contributed by atoms with Crippen molar-refractivity contribution < 1.29 is 23.8 Å². The van der Waals surface area contributed by atoms with Gasteiger partial charge in [0, 0.05) is 24.7 Å². The van der Waals surface area contributed by atoms with Gasteiger partial charge in [-0.15, -0.1) is 0 Å². The summed E-state index contributed by atoms with van der Waals surface area (Å²) in [7, 11) is 0. The molecule has 10 heteroatoms. The summed E-state index contributed by atoms with van der Waals surface area (Å²) in [6.45, 7) is 4.18. The molecule has 37 heavy (non-hydrogen) atoms. The Kier molecular flexibility index (Phi) is 6.10. The number of H-pyrrole nitrogens is 1. The van der Waals surface area contributed by atoms with Crippen molar-refractivity contribution in [3.8, 4) is 28.5 Å². The number of carbonyl (C=O) groups excluding carboxylic acids is 2. The third-order valence-electron chi connectivity index (χ3n) is 7.38. The highest BCUT2D eigenvalue weighted by Gasteiger charge is 2.30. The number of nitrogens with one attached hydrogen (secondary N) is 3. The molecule has 1 aromatic carbocycles. The molecule has 2 saturated carbocycles. The number of amides is 2. The number of fused-ring (bicyclic) bond motifs is 2. The SMILES string of the molecule is CC(=O)N[C@H]1CC[C@@H](NC(=O)c2c(C)[nH]c3c(-c4c(OCC5CC5)ccc5c4OCO5)ncnc23)CC1. The maximum absolute atomic E-state index is 13.4. The summed E-state index contributed by atoms with van der Waals surface area (Å²) >= 11 is 0. The second kappa shape index (κ2) is 9.57. The number of nitrogens with zero attached hydrogens (tertiary/aromatic N) is 2. The average Bonchev–Trinajstić information content (AvgIpc) is 3.46. The maximum atomic E-state index is 13.4. The molecule has 0 unspecified atom stereocenters. The van der Waals surface area contributed by atoms with Crippen LogP contribution in [0.2, 0.25) is 0 Å². The van der Waals surface area contributed by atoms with Crippen LogP contribution in [0.5, 0.6) is 17.2 Å². The summed E-state index contributed by atoms with van der Waals surface area (Å²) < 4.78 is 17.7. The van der Waals surface area contributed by atoms with E-state index in [9.17, 15) is 9.59 Å². The zero-order valence-corrected chi connectivity index (χ0v) is 21.1. The Morgan fingerprint density at radius 2 is 1.81 bits per heavy atom. The second-order valence-corrected chi connectivity index (χ2v) is 10.2. The highest BCUT2D eigenvalue weighted by molar-refractivity contribution is 6.09. The minimum absolute atomic E-state index is 0.0143. The molecule has 1 aliphatic heterocycles. The van der Waals surface area contributed by atoms with Crippen LogP contribution in [0, 0.1) is 12.8 Å². The molecule has 0 atom stereocenters. The van der Waals surface area contributed by atoms with E-state index in [0.29, 0.717) is 63.3 Å². The van der Waals surface area contributed by atoms with Crippen LogP contribution in [0.1, 0.15) is 61.5 Å². The molecule has 0 spiro atoms. The molecule has 2 aromatic heterocycles. The van der Waals surface area contributed by atoms with Gasteiger partial charge in [-0.3, -0.25) is 9.59 Å². The zero-order chi connectivity index (χ0) is 25.5. The van der Waals surface area contributed by atoms with Crippen molar-refractivity contribution >= 4 is 22.8 Å². The number of carbonyl (C=O) groups is 2. The average molecular weight is 506 g/mol. The Hall–Kier alpha value is -3.82. The fraction of sp³-hybridized carbons (Fsp3) is 0.481. The fourth-order valence-corrected chi connectivity index (χ4v) is 5.31. The van der Waals surface area contributed by atoms with E-state index in [-0.39, 0.29) is 30.7 Å². The highest BCUT2D eigenvalue weighted by atomic mass is 16.7. The first-order chi connectivity index (χ1) is 18.0. The molecule has 3 aromatic rings. The smallest absolute Gasteiger partial charge is 0.255 e. The third-order valence-corrected chi connectivity index (χ3v) is 7.38. The minimum atomic E-state index is -0.167. The lowest BCUT2D eigenvalue weighted by atomic mass is 9.91. The van der Waals surface area contributed by atoms with E-state index in [1.54, 1.807) is 0 Å². The number of ether oxygens (including phenoxy) is 3. The van der Waals surface area contributed by atoms with Gasteiger partial charge in [0.25, 0.3) is 5.91 Å². The van der Waals surface area contributed by atoms with E-state index in [1.807, 2.05) is 19.1 Å². The van der Waals surface area contributed by atoms with Gasteiger partial charge >= 0.3 is 0 Å². The molecule has 0 radical (unpaired) electrons. The fourth-order valence-electron chi connectivity index (χ4n) is 5.31. The summed E-state index contributed by atoms with van der Waals surface area (Å²) in [5, 5.41) is 6.15. The summed E-state index contributed by atoms with van der Waals surface area (Å²) in [5.41, 5.74) is 3.74. The molecule has 3 aliphatic rings. The van der Waals surface area contributed by atoms with Crippen LogP contribution in [0.4, 0.5) is 0 Å². The molecule has 6 rings (SSSR count).